The Bertz CT molecular complexity index is 559. The third-order valence-corrected chi connectivity index (χ3v) is 5.26. The molecule has 2 aliphatic rings. The third kappa shape index (κ3) is 3.29. The molecule has 128 valence electrons. The number of amides is 1. The van der Waals surface area contributed by atoms with Gasteiger partial charge in [0.05, 0.1) is 13.2 Å². The number of rotatable bonds is 5. The van der Waals surface area contributed by atoms with Crippen molar-refractivity contribution in [3.63, 3.8) is 0 Å². The predicted octanol–water partition coefficient (Wildman–Crippen LogP) is 0.877. The second kappa shape index (κ2) is 6.63. The number of likely N-dealkylation sites (tertiary alicyclic amines) is 2. The van der Waals surface area contributed by atoms with E-state index in [1.54, 1.807) is 0 Å². The van der Waals surface area contributed by atoms with Crippen LogP contribution in [-0.4, -0.2) is 67.3 Å². The quantitative estimate of drug-likeness (QED) is 0.872. The summed E-state index contributed by atoms with van der Waals surface area (Å²) >= 11 is 0. The summed E-state index contributed by atoms with van der Waals surface area (Å²) in [6.45, 7) is 6.05. The van der Waals surface area contributed by atoms with Crippen molar-refractivity contribution in [3.05, 3.63) is 23.7 Å². The Morgan fingerprint density at radius 3 is 2.96 bits per heavy atom. The third-order valence-electron chi connectivity index (χ3n) is 5.26. The van der Waals surface area contributed by atoms with Gasteiger partial charge < -0.3 is 19.2 Å². The molecule has 2 aliphatic heterocycles. The number of furan rings is 1. The molecule has 0 spiro atoms. The lowest BCUT2D eigenvalue weighted by atomic mass is 9.74. The van der Waals surface area contributed by atoms with E-state index in [1.807, 2.05) is 24.0 Å². The summed E-state index contributed by atoms with van der Waals surface area (Å²) < 4.78 is 10.6. The number of hydrogen-bond acceptors (Lipinski definition) is 5. The van der Waals surface area contributed by atoms with Gasteiger partial charge >= 0.3 is 0 Å². The van der Waals surface area contributed by atoms with Gasteiger partial charge in [0.1, 0.15) is 18.1 Å². The highest BCUT2D eigenvalue weighted by Gasteiger charge is 2.50. The van der Waals surface area contributed by atoms with Crippen molar-refractivity contribution in [2.75, 3.05) is 46.5 Å². The minimum Gasteiger partial charge on any atom is -0.465 e. The lowest BCUT2D eigenvalue weighted by molar-refractivity contribution is -0.134. The largest absolute Gasteiger partial charge is 0.465 e. The Morgan fingerprint density at radius 2 is 2.30 bits per heavy atom. The van der Waals surface area contributed by atoms with Gasteiger partial charge in [-0.1, -0.05) is 0 Å². The Balaban J connectivity index is 1.67. The summed E-state index contributed by atoms with van der Waals surface area (Å²) in [5, 5.41) is 10.1. The molecule has 1 amide bonds. The van der Waals surface area contributed by atoms with Crippen molar-refractivity contribution in [3.8, 4) is 0 Å². The van der Waals surface area contributed by atoms with Crippen molar-refractivity contribution in [1.82, 2.24) is 9.80 Å². The minimum absolute atomic E-state index is 0.0166. The summed E-state index contributed by atoms with van der Waals surface area (Å²) in [6.07, 6.45) is 0.997. The molecule has 3 heterocycles. The van der Waals surface area contributed by atoms with Gasteiger partial charge in [-0.3, -0.25) is 9.69 Å². The van der Waals surface area contributed by atoms with Crippen molar-refractivity contribution < 1.29 is 19.1 Å². The highest BCUT2D eigenvalue weighted by Crippen LogP contribution is 2.42. The Morgan fingerprint density at radius 1 is 1.48 bits per heavy atom. The van der Waals surface area contributed by atoms with Gasteiger partial charge in [-0.25, -0.2) is 0 Å². The van der Waals surface area contributed by atoms with Crippen molar-refractivity contribution in [2.45, 2.75) is 19.9 Å². The molecule has 6 nitrogen and oxygen atoms in total. The molecular weight excluding hydrogens is 296 g/mol. The molecule has 23 heavy (non-hydrogen) atoms. The first-order chi connectivity index (χ1) is 11.1. The lowest BCUT2D eigenvalue weighted by Gasteiger charge is -2.42. The molecule has 6 heteroatoms. The van der Waals surface area contributed by atoms with E-state index in [0.717, 1.165) is 44.1 Å². The molecule has 3 rings (SSSR count). The van der Waals surface area contributed by atoms with E-state index < -0.39 is 0 Å². The van der Waals surface area contributed by atoms with Gasteiger partial charge in [0.2, 0.25) is 5.91 Å². The molecule has 2 saturated heterocycles. The molecule has 0 aliphatic carbocycles. The molecule has 0 saturated carbocycles. The van der Waals surface area contributed by atoms with Crippen LogP contribution in [0.3, 0.4) is 0 Å². The fourth-order valence-electron chi connectivity index (χ4n) is 4.03. The predicted molar refractivity (Wildman–Crippen MR) is 84.8 cm³/mol. The second-order valence-corrected chi connectivity index (χ2v) is 6.94. The molecule has 2 fully saturated rings. The first-order valence-corrected chi connectivity index (χ1v) is 8.21. The highest BCUT2D eigenvalue weighted by molar-refractivity contribution is 5.77. The Hall–Kier alpha value is -1.37. The van der Waals surface area contributed by atoms with Crippen LogP contribution in [0, 0.1) is 18.3 Å². The van der Waals surface area contributed by atoms with E-state index >= 15 is 0 Å². The molecule has 0 radical (unpaired) electrons. The van der Waals surface area contributed by atoms with Crippen LogP contribution in [0.2, 0.25) is 0 Å². The second-order valence-electron chi connectivity index (χ2n) is 6.94. The van der Waals surface area contributed by atoms with Gasteiger partial charge in [-0.2, -0.15) is 0 Å². The van der Waals surface area contributed by atoms with Crippen LogP contribution < -0.4 is 0 Å². The van der Waals surface area contributed by atoms with Crippen LogP contribution in [-0.2, 0) is 16.1 Å². The molecule has 1 aromatic rings. The van der Waals surface area contributed by atoms with E-state index in [2.05, 4.69) is 4.90 Å². The summed E-state index contributed by atoms with van der Waals surface area (Å²) in [6, 6.07) is 3.99. The Kier molecular flexibility index (Phi) is 4.75. The van der Waals surface area contributed by atoms with Crippen LogP contribution in [0.1, 0.15) is 17.9 Å². The number of carbonyl (C=O) groups excluding carboxylic acids is 1. The smallest absolute Gasteiger partial charge is 0.248 e. The first-order valence-electron chi connectivity index (χ1n) is 8.21. The van der Waals surface area contributed by atoms with Gasteiger partial charge in [0.25, 0.3) is 0 Å². The summed E-state index contributed by atoms with van der Waals surface area (Å²) in [4.78, 5) is 16.3. The van der Waals surface area contributed by atoms with Gasteiger partial charge in [-0.05, 0) is 37.9 Å². The number of carbonyl (C=O) groups is 1. The maximum Gasteiger partial charge on any atom is 0.248 e. The highest BCUT2D eigenvalue weighted by atomic mass is 16.5. The monoisotopic (exact) mass is 322 g/mol. The molecule has 2 atom stereocenters. The normalized spacial score (nSPS) is 28.1. The summed E-state index contributed by atoms with van der Waals surface area (Å²) in [5.74, 6) is 2.26. The number of fused-ring (bicyclic) bond motifs is 1. The number of nitrogens with zero attached hydrogens (tertiary/aromatic N) is 2. The fraction of sp³-hybridized carbons (Fsp3) is 0.706. The van der Waals surface area contributed by atoms with Gasteiger partial charge in [0, 0.05) is 32.2 Å². The van der Waals surface area contributed by atoms with E-state index in [-0.39, 0.29) is 24.5 Å². The Labute approximate surface area is 137 Å². The number of ether oxygens (including phenoxy) is 1. The molecule has 1 aromatic heterocycles. The van der Waals surface area contributed by atoms with Crippen molar-refractivity contribution in [1.29, 1.82) is 0 Å². The zero-order valence-corrected chi connectivity index (χ0v) is 14.0. The molecular formula is C17H26N2O4. The standard InChI is InChI=1S/C17H26N2O4/c1-13-3-4-15(23-13)8-18-6-5-14-7-19(16(21)9-22-2)11-17(14,10-18)12-20/h3-4,14,20H,5-12H2,1-2H3/t14-,17+/m0/s1. The van der Waals surface area contributed by atoms with Crippen LogP contribution in [0.15, 0.2) is 16.5 Å². The fourth-order valence-corrected chi connectivity index (χ4v) is 4.03. The average molecular weight is 322 g/mol. The molecule has 0 unspecified atom stereocenters. The maximum absolute atomic E-state index is 12.1. The number of piperidine rings is 1. The van der Waals surface area contributed by atoms with E-state index in [1.165, 1.54) is 7.11 Å². The van der Waals surface area contributed by atoms with Crippen LogP contribution in [0.5, 0.6) is 0 Å². The number of aryl methyl sites for hydroxylation is 1. The van der Waals surface area contributed by atoms with Crippen molar-refractivity contribution in [2.24, 2.45) is 11.3 Å². The average Bonchev–Trinajstić information content (AvgIpc) is 3.11. The summed E-state index contributed by atoms with van der Waals surface area (Å²) in [5.41, 5.74) is -0.219. The number of methoxy groups -OCH3 is 1. The zero-order chi connectivity index (χ0) is 16.4. The zero-order valence-electron chi connectivity index (χ0n) is 14.0. The van der Waals surface area contributed by atoms with E-state index in [9.17, 15) is 9.90 Å². The van der Waals surface area contributed by atoms with Crippen LogP contribution in [0.25, 0.3) is 0 Å². The van der Waals surface area contributed by atoms with Gasteiger partial charge in [0.15, 0.2) is 0 Å². The minimum atomic E-state index is -0.219. The lowest BCUT2D eigenvalue weighted by Crippen LogP contribution is -2.50. The van der Waals surface area contributed by atoms with E-state index in [4.69, 9.17) is 9.15 Å². The van der Waals surface area contributed by atoms with Crippen LogP contribution >= 0.6 is 0 Å². The SMILES string of the molecule is COCC(=O)N1C[C@@H]2CCN(Cc3ccc(C)o3)C[C@]2(CO)C1. The van der Waals surface area contributed by atoms with Crippen LogP contribution in [0.4, 0.5) is 0 Å². The van der Waals surface area contributed by atoms with Crippen molar-refractivity contribution >= 4 is 5.91 Å². The number of aliphatic hydroxyl groups is 1. The molecule has 0 bridgehead atoms. The number of hydrogen-bond donors (Lipinski definition) is 1. The molecule has 1 N–H and O–H groups in total. The summed E-state index contributed by atoms with van der Waals surface area (Å²) in [7, 11) is 1.54. The molecule has 0 aromatic carbocycles. The van der Waals surface area contributed by atoms with E-state index in [0.29, 0.717) is 12.5 Å². The first kappa shape index (κ1) is 16.5. The van der Waals surface area contributed by atoms with Gasteiger partial charge in [-0.15, -0.1) is 0 Å². The number of aliphatic hydroxyl groups excluding tert-OH is 1. The topological polar surface area (TPSA) is 66.2 Å². The maximum atomic E-state index is 12.1.